The first-order valence-corrected chi connectivity index (χ1v) is 16.2. The van der Waals surface area contributed by atoms with Crippen molar-refractivity contribution in [2.45, 2.75) is 19.3 Å². The number of para-hydroxylation sites is 2. The SMILES string of the molecule is CC1(C)c2cc(-c3ccc4ccccc4c3)cc3ccc4cc(-c5ccc6c7ccccc7n(-c7ccccc7)c6c5)cc1c4c23. The standard InChI is InChI=1S/C45H31N/c1-45(2)39-25-34(30-17-16-28-10-6-7-11-29(28)22-30)23-32-18-19-33-24-35(26-40(45)44(33)43(32)39)31-20-21-38-37-14-8-9-15-41(37)46(42(38)27-31)36-12-4-3-5-13-36/h3-27H,1-2H3. The normalized spacial score (nSPS) is 13.6. The van der Waals surface area contributed by atoms with Gasteiger partial charge in [0.1, 0.15) is 0 Å². The van der Waals surface area contributed by atoms with E-state index in [0.717, 1.165) is 0 Å². The van der Waals surface area contributed by atoms with E-state index in [1.807, 2.05) is 0 Å². The minimum Gasteiger partial charge on any atom is -0.309 e. The van der Waals surface area contributed by atoms with E-state index in [-0.39, 0.29) is 5.41 Å². The maximum Gasteiger partial charge on any atom is 0.0547 e. The molecule has 0 aliphatic heterocycles. The second kappa shape index (κ2) is 9.19. The average Bonchev–Trinajstić information content (AvgIpc) is 3.55. The van der Waals surface area contributed by atoms with Crippen LogP contribution in [-0.2, 0) is 5.41 Å². The first kappa shape index (κ1) is 25.6. The summed E-state index contributed by atoms with van der Waals surface area (Å²) in [6, 6.07) is 56.3. The van der Waals surface area contributed by atoms with Gasteiger partial charge >= 0.3 is 0 Å². The third-order valence-corrected chi connectivity index (χ3v) is 10.5. The van der Waals surface area contributed by atoms with Crippen LogP contribution in [0.5, 0.6) is 0 Å². The van der Waals surface area contributed by atoms with Gasteiger partial charge in [0.15, 0.2) is 0 Å². The van der Waals surface area contributed by atoms with Crippen LogP contribution in [0.15, 0.2) is 152 Å². The summed E-state index contributed by atoms with van der Waals surface area (Å²) in [6.07, 6.45) is 0. The Morgan fingerprint density at radius 3 is 1.67 bits per heavy atom. The number of benzene rings is 8. The number of aromatic nitrogens is 1. The van der Waals surface area contributed by atoms with Gasteiger partial charge in [0.25, 0.3) is 0 Å². The summed E-state index contributed by atoms with van der Waals surface area (Å²) in [4.78, 5) is 0. The largest absolute Gasteiger partial charge is 0.309 e. The van der Waals surface area contributed by atoms with E-state index in [4.69, 9.17) is 0 Å². The lowest BCUT2D eigenvalue weighted by Gasteiger charge is -2.23. The summed E-state index contributed by atoms with van der Waals surface area (Å²) in [5, 5.41) is 10.6. The van der Waals surface area contributed by atoms with Gasteiger partial charge in [-0.2, -0.15) is 0 Å². The maximum atomic E-state index is 2.47. The summed E-state index contributed by atoms with van der Waals surface area (Å²) in [6.45, 7) is 4.81. The number of fused-ring (bicyclic) bond motifs is 4. The highest BCUT2D eigenvalue weighted by atomic mass is 15.0. The van der Waals surface area contributed by atoms with E-state index in [1.54, 1.807) is 0 Å². The highest BCUT2D eigenvalue weighted by Crippen LogP contribution is 2.51. The molecular formula is C45H31N. The molecule has 1 aliphatic carbocycles. The Kier molecular flexibility index (Phi) is 5.12. The predicted molar refractivity (Wildman–Crippen MR) is 196 cm³/mol. The quantitative estimate of drug-likeness (QED) is 0.182. The van der Waals surface area contributed by atoms with E-state index < -0.39 is 0 Å². The maximum absolute atomic E-state index is 2.47. The minimum atomic E-state index is -0.119. The number of nitrogens with zero attached hydrogens (tertiary/aromatic N) is 1. The Balaban J connectivity index is 1.16. The van der Waals surface area contributed by atoms with E-state index in [0.29, 0.717) is 0 Å². The minimum absolute atomic E-state index is 0.119. The second-order valence-electron chi connectivity index (χ2n) is 13.4. The molecule has 9 aromatic rings. The Bertz CT molecular complexity index is 2710. The Morgan fingerprint density at radius 1 is 0.391 bits per heavy atom. The fourth-order valence-electron chi connectivity index (χ4n) is 8.17. The van der Waals surface area contributed by atoms with Gasteiger partial charge in [-0.15, -0.1) is 0 Å². The fourth-order valence-corrected chi connectivity index (χ4v) is 8.17. The molecule has 0 N–H and O–H groups in total. The lowest BCUT2D eigenvalue weighted by molar-refractivity contribution is 0.663. The molecule has 1 heteroatoms. The smallest absolute Gasteiger partial charge is 0.0547 e. The molecule has 0 saturated heterocycles. The van der Waals surface area contributed by atoms with Crippen LogP contribution in [0, 0.1) is 0 Å². The molecule has 0 radical (unpaired) electrons. The van der Waals surface area contributed by atoms with Crippen LogP contribution in [0.25, 0.3) is 82.1 Å². The molecular weight excluding hydrogens is 555 g/mol. The zero-order valence-corrected chi connectivity index (χ0v) is 25.9. The van der Waals surface area contributed by atoms with Gasteiger partial charge < -0.3 is 4.57 Å². The predicted octanol–water partition coefficient (Wildman–Crippen LogP) is 12.2. The molecule has 0 amide bonds. The second-order valence-corrected chi connectivity index (χ2v) is 13.4. The summed E-state index contributed by atoms with van der Waals surface area (Å²) in [5.41, 5.74) is 11.4. The molecule has 1 heterocycles. The van der Waals surface area contributed by atoms with Crippen molar-refractivity contribution in [1.29, 1.82) is 0 Å². The molecule has 0 fully saturated rings. The van der Waals surface area contributed by atoms with Crippen molar-refractivity contribution in [3.63, 3.8) is 0 Å². The third-order valence-electron chi connectivity index (χ3n) is 10.5. The molecule has 216 valence electrons. The topological polar surface area (TPSA) is 4.93 Å². The zero-order chi connectivity index (χ0) is 30.6. The molecule has 0 unspecified atom stereocenters. The van der Waals surface area contributed by atoms with Gasteiger partial charge in [-0.05, 0) is 120 Å². The summed E-state index contributed by atoms with van der Waals surface area (Å²) >= 11 is 0. The molecule has 1 nitrogen and oxygen atoms in total. The zero-order valence-electron chi connectivity index (χ0n) is 25.9. The van der Waals surface area contributed by atoms with E-state index in [1.165, 1.54) is 93.2 Å². The van der Waals surface area contributed by atoms with E-state index >= 15 is 0 Å². The van der Waals surface area contributed by atoms with Crippen LogP contribution in [0.3, 0.4) is 0 Å². The van der Waals surface area contributed by atoms with Crippen molar-refractivity contribution < 1.29 is 0 Å². The molecule has 8 aromatic carbocycles. The third kappa shape index (κ3) is 3.51. The van der Waals surface area contributed by atoms with E-state index in [2.05, 4.69) is 170 Å². The van der Waals surface area contributed by atoms with E-state index in [9.17, 15) is 0 Å². The van der Waals surface area contributed by atoms with Crippen LogP contribution >= 0.6 is 0 Å². The molecule has 0 bridgehead atoms. The summed E-state index contributed by atoms with van der Waals surface area (Å²) in [5.74, 6) is 0. The van der Waals surface area contributed by atoms with Gasteiger partial charge in [0, 0.05) is 21.9 Å². The molecule has 0 spiro atoms. The van der Waals surface area contributed by atoms with Crippen LogP contribution in [0.2, 0.25) is 0 Å². The van der Waals surface area contributed by atoms with Crippen LogP contribution < -0.4 is 0 Å². The highest BCUT2D eigenvalue weighted by Gasteiger charge is 2.35. The van der Waals surface area contributed by atoms with Crippen molar-refractivity contribution in [2.24, 2.45) is 0 Å². The molecule has 10 rings (SSSR count). The summed E-state index contributed by atoms with van der Waals surface area (Å²) < 4.78 is 2.41. The van der Waals surface area contributed by atoms with Gasteiger partial charge in [-0.25, -0.2) is 0 Å². The molecule has 0 saturated carbocycles. The van der Waals surface area contributed by atoms with Crippen LogP contribution in [0.4, 0.5) is 0 Å². The number of hydrogen-bond acceptors (Lipinski definition) is 0. The van der Waals surface area contributed by atoms with Crippen LogP contribution in [0.1, 0.15) is 25.0 Å². The van der Waals surface area contributed by atoms with Crippen molar-refractivity contribution in [1.82, 2.24) is 4.57 Å². The van der Waals surface area contributed by atoms with Crippen molar-refractivity contribution in [3.8, 4) is 27.9 Å². The Labute approximate surface area is 268 Å². The molecule has 1 aliphatic rings. The monoisotopic (exact) mass is 585 g/mol. The van der Waals surface area contributed by atoms with Gasteiger partial charge in [-0.3, -0.25) is 0 Å². The van der Waals surface area contributed by atoms with Gasteiger partial charge in [-0.1, -0.05) is 111 Å². The summed E-state index contributed by atoms with van der Waals surface area (Å²) in [7, 11) is 0. The van der Waals surface area contributed by atoms with Crippen LogP contribution in [-0.4, -0.2) is 4.57 Å². The number of hydrogen-bond donors (Lipinski definition) is 0. The first-order chi connectivity index (χ1) is 22.5. The van der Waals surface area contributed by atoms with Gasteiger partial charge in [0.2, 0.25) is 0 Å². The average molecular weight is 586 g/mol. The fraction of sp³-hybridized carbons (Fsp3) is 0.0667. The van der Waals surface area contributed by atoms with Crippen molar-refractivity contribution in [2.75, 3.05) is 0 Å². The Hall–Kier alpha value is -5.66. The van der Waals surface area contributed by atoms with Crippen molar-refractivity contribution in [3.05, 3.63) is 163 Å². The highest BCUT2D eigenvalue weighted by molar-refractivity contribution is 6.17. The Morgan fingerprint density at radius 2 is 0.935 bits per heavy atom. The molecule has 46 heavy (non-hydrogen) atoms. The first-order valence-electron chi connectivity index (χ1n) is 16.2. The lowest BCUT2D eigenvalue weighted by Crippen LogP contribution is -2.15. The van der Waals surface area contributed by atoms with Crippen molar-refractivity contribution >= 4 is 54.1 Å². The number of rotatable bonds is 3. The van der Waals surface area contributed by atoms with Gasteiger partial charge in [0.05, 0.1) is 11.0 Å². The molecule has 1 aromatic heterocycles. The molecule has 0 atom stereocenters. The lowest BCUT2D eigenvalue weighted by atomic mass is 9.80.